The van der Waals surface area contributed by atoms with Gasteiger partial charge < -0.3 is 117 Å². The van der Waals surface area contributed by atoms with E-state index in [2.05, 4.69) is 13.2 Å². The Morgan fingerprint density at radius 2 is 1.07 bits per heavy atom. The van der Waals surface area contributed by atoms with E-state index in [1.54, 1.807) is 38.2 Å². The van der Waals surface area contributed by atoms with Crippen LogP contribution in [0.5, 0.6) is 0 Å². The molecular weight excluding hydrogens is 1180 g/mol. The highest BCUT2D eigenvalue weighted by molar-refractivity contribution is 5.13. The smallest absolute Gasteiger partial charge is 0.115 e. The summed E-state index contributed by atoms with van der Waals surface area (Å²) in [7, 11) is 0. The Morgan fingerprint density at radius 1 is 0.505 bits per heavy atom. The van der Waals surface area contributed by atoms with E-state index in [-0.39, 0.29) is 82.8 Å². The van der Waals surface area contributed by atoms with Crippen molar-refractivity contribution in [2.24, 2.45) is 5.92 Å². The van der Waals surface area contributed by atoms with Crippen molar-refractivity contribution in [1.82, 2.24) is 0 Å². The van der Waals surface area contributed by atoms with E-state index < -0.39 is 152 Å². The Labute approximate surface area is 538 Å². The second-order valence-corrected chi connectivity index (χ2v) is 25.0. The van der Waals surface area contributed by atoms with Crippen LogP contribution in [0.1, 0.15) is 155 Å². The lowest BCUT2D eigenvalue weighted by atomic mass is 9.87. The molecule has 2 aliphatic heterocycles. The van der Waals surface area contributed by atoms with Gasteiger partial charge in [-0.3, -0.25) is 0 Å². The van der Waals surface area contributed by atoms with E-state index in [9.17, 15) is 102 Å². The summed E-state index contributed by atoms with van der Waals surface area (Å²) < 4.78 is 11.6. The highest BCUT2D eigenvalue weighted by atomic mass is 16.6. The first-order valence-corrected chi connectivity index (χ1v) is 32.6. The molecule has 2 aliphatic rings. The van der Waals surface area contributed by atoms with Gasteiger partial charge in [0, 0.05) is 19.3 Å². The van der Waals surface area contributed by atoms with E-state index in [1.165, 1.54) is 18.2 Å². The summed E-state index contributed by atoms with van der Waals surface area (Å²) in [6.45, 7) is 10.3. The van der Waals surface area contributed by atoms with Crippen LogP contribution in [0.25, 0.3) is 0 Å². The molecule has 0 aromatic heterocycles. The second kappa shape index (κ2) is 46.8. The van der Waals surface area contributed by atoms with Crippen molar-refractivity contribution in [3.63, 3.8) is 0 Å². The van der Waals surface area contributed by atoms with Gasteiger partial charge in [0.15, 0.2) is 0 Å². The van der Waals surface area contributed by atoms with Crippen molar-refractivity contribution in [3.05, 3.63) is 109 Å². The standard InChI is InChI=1S/C68H116O23/c1-5-6-7-8-9-10-11-12-13-14-15-18-31-52(77)62(85)67-65(88)57(82)40-59(91-67)66(89)61(84)43(3)33-35-51(76)58-39-56(81)64(87)68(90-58)63(86)54(79)36-42(2)32-34-48(73)38-55(80)60(83)44(4)37-53(78)50(75)30-19-16-17-23-45(70)24-20-25-46(71)26-21-27-47(72)28-22-29-49(74)41-69/h5,8-13,18,21-22,26,28,31,36,44-89H,1,3,6-7,14-17,19-20,23-25,27,29-30,32-35,37-41H2,2,4H3/b9-8+,11-10+,13-12+,26-21+,28-22+,31-18+,42-36+/t44-,45+,46-,47-,48-,49+,50-,51-,52+,53+,54+,55-,56-,57-,58-,59-,60+,61+,62-,63+,64+,65+,66-,67-,68-/m1/s1. The number of hydrogen-bond acceptors (Lipinski definition) is 23. The molecule has 0 aliphatic carbocycles. The number of ether oxygens (including phenoxy) is 2. The molecule has 23 nitrogen and oxygen atoms in total. The zero-order chi connectivity index (χ0) is 68.2. The third-order valence-electron chi connectivity index (χ3n) is 16.9. The number of hydrogen-bond donors (Lipinski definition) is 21. The van der Waals surface area contributed by atoms with Crippen LogP contribution in [0.4, 0.5) is 0 Å². The molecule has 2 fully saturated rings. The summed E-state index contributed by atoms with van der Waals surface area (Å²) >= 11 is 0. The normalized spacial score (nSPS) is 27.2. The highest BCUT2D eigenvalue weighted by Crippen LogP contribution is 2.32. The molecule has 25 atom stereocenters. The molecule has 0 amide bonds. The average molecular weight is 1300 g/mol. The van der Waals surface area contributed by atoms with Crippen LogP contribution in [0.2, 0.25) is 0 Å². The molecule has 526 valence electrons. The minimum Gasteiger partial charge on any atom is -0.394 e. The van der Waals surface area contributed by atoms with Gasteiger partial charge in [0.1, 0.15) is 61.0 Å². The van der Waals surface area contributed by atoms with Gasteiger partial charge >= 0.3 is 0 Å². The first kappa shape index (κ1) is 83.8. The quantitative estimate of drug-likeness (QED) is 0.0229. The van der Waals surface area contributed by atoms with Gasteiger partial charge in [-0.25, -0.2) is 0 Å². The monoisotopic (exact) mass is 1300 g/mol. The number of rotatable bonds is 48. The first-order valence-electron chi connectivity index (χ1n) is 32.6. The van der Waals surface area contributed by atoms with Crippen molar-refractivity contribution in [2.45, 2.75) is 302 Å². The fourth-order valence-electron chi connectivity index (χ4n) is 10.9. The third kappa shape index (κ3) is 33.3. The van der Waals surface area contributed by atoms with Gasteiger partial charge in [0.05, 0.1) is 92.1 Å². The minimum atomic E-state index is -1.83. The van der Waals surface area contributed by atoms with Crippen LogP contribution < -0.4 is 0 Å². The van der Waals surface area contributed by atoms with E-state index in [1.807, 2.05) is 42.5 Å². The van der Waals surface area contributed by atoms with Gasteiger partial charge in [0.25, 0.3) is 0 Å². The largest absolute Gasteiger partial charge is 0.394 e. The van der Waals surface area contributed by atoms with Gasteiger partial charge in [-0.05, 0) is 121 Å². The lowest BCUT2D eigenvalue weighted by Gasteiger charge is -2.42. The van der Waals surface area contributed by atoms with Gasteiger partial charge in [-0.2, -0.15) is 0 Å². The van der Waals surface area contributed by atoms with Crippen LogP contribution >= 0.6 is 0 Å². The summed E-state index contributed by atoms with van der Waals surface area (Å²) in [6, 6.07) is 0. The van der Waals surface area contributed by atoms with Crippen LogP contribution in [-0.4, -0.2) is 260 Å². The van der Waals surface area contributed by atoms with Gasteiger partial charge in [-0.15, -0.1) is 6.58 Å². The number of unbranched alkanes of at least 4 members (excludes halogenated alkanes) is 4. The van der Waals surface area contributed by atoms with Crippen LogP contribution in [0.15, 0.2) is 109 Å². The van der Waals surface area contributed by atoms with Crippen LogP contribution in [0, 0.1) is 5.92 Å². The summed E-state index contributed by atoms with van der Waals surface area (Å²) in [4.78, 5) is 0. The molecular formula is C68H116O23. The Hall–Kier alpha value is -3.26. The maximum Gasteiger partial charge on any atom is 0.115 e. The van der Waals surface area contributed by atoms with Gasteiger partial charge in [-0.1, -0.05) is 123 Å². The average Bonchev–Trinajstić information content (AvgIpc) is 0.918. The van der Waals surface area contributed by atoms with E-state index in [0.29, 0.717) is 63.4 Å². The molecule has 0 aromatic carbocycles. The van der Waals surface area contributed by atoms with Crippen molar-refractivity contribution in [3.8, 4) is 0 Å². The summed E-state index contributed by atoms with van der Waals surface area (Å²) in [5, 5.41) is 223. The van der Waals surface area contributed by atoms with E-state index in [4.69, 9.17) is 14.6 Å². The van der Waals surface area contributed by atoms with Crippen molar-refractivity contribution < 1.29 is 117 Å². The van der Waals surface area contributed by atoms with Gasteiger partial charge in [0.2, 0.25) is 0 Å². The molecule has 2 heterocycles. The molecule has 2 saturated heterocycles. The van der Waals surface area contributed by atoms with Crippen LogP contribution in [0.3, 0.4) is 0 Å². The SMILES string of the molecule is C=CCC/C=C/C=C/C=C/CC/C=C/[C@H](O)[C@@H](O)[C@H]1O[C@@H]([C@@H](O)[C@@H](O)C(=C)CC[C@@H](O)[C@H]2C[C@@H](O)[C@H](O)[C@@H]([C@@H](O)[C@@H](O)/C=C(\C)CC[C@@H](O)C[C@@H](O)[C@@H](O)[C@H](C)C[C@H](O)[C@H](O)CCCCC[C@H](O)CCC[C@@H](O)/C=C/C[C@@H](O)/C=C/C[C@H](O)CO)O2)C[C@@H](O)[C@@H]1O. The lowest BCUT2D eigenvalue weighted by Crippen LogP contribution is -2.59. The molecule has 0 bridgehead atoms. The third-order valence-corrected chi connectivity index (χ3v) is 16.9. The molecule has 21 N–H and O–H groups in total. The summed E-state index contributed by atoms with van der Waals surface area (Å²) in [6.07, 6.45) is -2.24. The molecule has 91 heavy (non-hydrogen) atoms. The molecule has 23 heteroatoms. The maximum absolute atomic E-state index is 11.2. The topological polar surface area (TPSA) is 443 Å². The number of allylic oxidation sites excluding steroid dienone is 9. The Balaban J connectivity index is 1.77. The molecule has 0 unspecified atom stereocenters. The number of aliphatic hydroxyl groups is 21. The Morgan fingerprint density at radius 3 is 1.70 bits per heavy atom. The van der Waals surface area contributed by atoms with Crippen molar-refractivity contribution in [2.75, 3.05) is 6.61 Å². The summed E-state index contributed by atoms with van der Waals surface area (Å²) in [5.41, 5.74) is 0.481. The number of aliphatic hydroxyl groups excluding tert-OH is 21. The molecule has 0 aromatic rings. The minimum absolute atomic E-state index is 0.00551. The maximum atomic E-state index is 11.2. The Kier molecular flexibility index (Phi) is 43.1. The van der Waals surface area contributed by atoms with E-state index >= 15 is 0 Å². The van der Waals surface area contributed by atoms with Crippen LogP contribution in [-0.2, 0) is 9.47 Å². The lowest BCUT2D eigenvalue weighted by molar-refractivity contribution is -0.234. The predicted octanol–water partition coefficient (Wildman–Crippen LogP) is 0.976. The van der Waals surface area contributed by atoms with Crippen molar-refractivity contribution in [1.29, 1.82) is 0 Å². The highest BCUT2D eigenvalue weighted by Gasteiger charge is 2.47. The molecule has 2 rings (SSSR count). The zero-order valence-electron chi connectivity index (χ0n) is 53.4. The molecule has 0 saturated carbocycles. The molecule has 0 spiro atoms. The van der Waals surface area contributed by atoms with Crippen molar-refractivity contribution >= 4 is 0 Å². The first-order chi connectivity index (χ1) is 43.1. The second-order valence-electron chi connectivity index (χ2n) is 25.0. The fourth-order valence-corrected chi connectivity index (χ4v) is 10.9. The predicted molar refractivity (Wildman–Crippen MR) is 343 cm³/mol. The Bertz CT molecular complexity index is 2150. The zero-order valence-corrected chi connectivity index (χ0v) is 53.4. The molecule has 0 radical (unpaired) electrons. The fraction of sp³-hybridized carbons (Fsp3) is 0.735. The van der Waals surface area contributed by atoms with E-state index in [0.717, 1.165) is 12.8 Å². The summed E-state index contributed by atoms with van der Waals surface area (Å²) in [5.74, 6) is -0.675.